The minimum absolute atomic E-state index is 0.0758. The van der Waals surface area contributed by atoms with Crippen molar-refractivity contribution in [2.75, 3.05) is 11.5 Å². The second kappa shape index (κ2) is 3.20. The van der Waals surface area contributed by atoms with Gasteiger partial charge in [-0.25, -0.2) is 13.6 Å². The molecule has 1 fully saturated rings. The van der Waals surface area contributed by atoms with Crippen LogP contribution in [0.2, 0.25) is 0 Å². The molecule has 0 radical (unpaired) electrons. The first kappa shape index (κ1) is 10.3. The van der Waals surface area contributed by atoms with Gasteiger partial charge in [-0.1, -0.05) is 13.8 Å². The monoisotopic (exact) mass is 209 g/mol. The fourth-order valence-electron chi connectivity index (χ4n) is 1.49. The van der Waals surface area contributed by atoms with Gasteiger partial charge in [0.2, 0.25) is 10.0 Å². The Hall–Kier alpha value is 0.260. The maximum Gasteiger partial charge on any atom is 0.209 e. The van der Waals surface area contributed by atoms with Gasteiger partial charge >= 0.3 is 0 Å². The summed E-state index contributed by atoms with van der Waals surface area (Å²) in [5, 5.41) is 5.00. The molecule has 0 spiro atoms. The van der Waals surface area contributed by atoms with Gasteiger partial charge in [0.15, 0.2) is 0 Å². The van der Waals surface area contributed by atoms with Crippen LogP contribution in [0.1, 0.15) is 20.3 Å². The van der Waals surface area contributed by atoms with Crippen LogP contribution < -0.4 is 5.14 Å². The molecule has 2 N–H and O–H groups in total. The largest absolute Gasteiger partial charge is 0.229 e. The fraction of sp³-hybridized carbons (Fsp3) is 1.00. The molecular formula is C7H15NO2S2. The summed E-state index contributed by atoms with van der Waals surface area (Å²) in [7, 11) is -3.29. The predicted molar refractivity (Wildman–Crippen MR) is 52.6 cm³/mol. The minimum Gasteiger partial charge on any atom is -0.229 e. The van der Waals surface area contributed by atoms with E-state index in [9.17, 15) is 8.42 Å². The highest BCUT2D eigenvalue weighted by Gasteiger charge is 2.37. The molecule has 0 amide bonds. The Bertz CT molecular complexity index is 259. The molecule has 0 aromatic carbocycles. The van der Waals surface area contributed by atoms with E-state index in [2.05, 4.69) is 13.8 Å². The zero-order valence-electron chi connectivity index (χ0n) is 7.41. The summed E-state index contributed by atoms with van der Waals surface area (Å²) in [4.78, 5) is 0. The number of hydrogen-bond acceptors (Lipinski definition) is 3. The average molecular weight is 209 g/mol. The van der Waals surface area contributed by atoms with E-state index in [-0.39, 0.29) is 16.4 Å². The average Bonchev–Trinajstić information content (AvgIpc) is 2.07. The van der Waals surface area contributed by atoms with Crippen molar-refractivity contribution in [3.05, 3.63) is 0 Å². The minimum atomic E-state index is -3.29. The Morgan fingerprint density at radius 3 is 2.50 bits per heavy atom. The summed E-state index contributed by atoms with van der Waals surface area (Å²) in [6.45, 7) is 4.17. The van der Waals surface area contributed by atoms with Crippen molar-refractivity contribution >= 4 is 21.8 Å². The highest BCUT2D eigenvalue weighted by molar-refractivity contribution is 8.00. The molecule has 1 aliphatic heterocycles. The Morgan fingerprint density at radius 1 is 1.58 bits per heavy atom. The summed E-state index contributed by atoms with van der Waals surface area (Å²) in [5.74, 6) is 1.40. The van der Waals surface area contributed by atoms with Gasteiger partial charge in [-0.3, -0.25) is 0 Å². The van der Waals surface area contributed by atoms with E-state index in [1.807, 2.05) is 11.8 Å². The fourth-order valence-corrected chi connectivity index (χ4v) is 4.11. The van der Waals surface area contributed by atoms with Crippen molar-refractivity contribution in [1.82, 2.24) is 0 Å². The highest BCUT2D eigenvalue weighted by atomic mass is 32.2. The zero-order chi connectivity index (χ0) is 9.41. The Labute approximate surface area is 78.1 Å². The van der Waals surface area contributed by atoms with Crippen LogP contribution in [0.25, 0.3) is 0 Å². The molecular weight excluding hydrogens is 194 g/mol. The van der Waals surface area contributed by atoms with E-state index in [4.69, 9.17) is 5.14 Å². The smallest absolute Gasteiger partial charge is 0.209 e. The molecule has 72 valence electrons. The van der Waals surface area contributed by atoms with Crippen LogP contribution in [0, 0.1) is 5.92 Å². The van der Waals surface area contributed by atoms with Crippen LogP contribution >= 0.6 is 11.8 Å². The molecule has 1 unspecified atom stereocenters. The molecule has 1 saturated heterocycles. The zero-order valence-corrected chi connectivity index (χ0v) is 9.04. The van der Waals surface area contributed by atoms with E-state index in [0.29, 0.717) is 0 Å². The van der Waals surface area contributed by atoms with Crippen LogP contribution in [0.4, 0.5) is 0 Å². The summed E-state index contributed by atoms with van der Waals surface area (Å²) in [6, 6.07) is 0. The normalized spacial score (nSPS) is 29.1. The lowest BCUT2D eigenvalue weighted by Gasteiger charge is -2.24. The maximum absolute atomic E-state index is 10.8. The van der Waals surface area contributed by atoms with Crippen LogP contribution in [0.3, 0.4) is 0 Å². The Morgan fingerprint density at radius 2 is 2.17 bits per heavy atom. The third-order valence-electron chi connectivity index (χ3n) is 2.36. The first-order chi connectivity index (χ1) is 5.31. The molecule has 5 heteroatoms. The lowest BCUT2D eigenvalue weighted by Crippen LogP contribution is -2.32. The van der Waals surface area contributed by atoms with Crippen molar-refractivity contribution in [2.24, 2.45) is 11.1 Å². The summed E-state index contributed by atoms with van der Waals surface area (Å²) < 4.78 is 21.8. The second-order valence-corrected chi connectivity index (χ2v) is 7.18. The predicted octanol–water partition coefficient (Wildman–Crippen LogP) is 0.807. The van der Waals surface area contributed by atoms with Crippen LogP contribution in [-0.4, -0.2) is 24.7 Å². The summed E-state index contributed by atoms with van der Waals surface area (Å²) in [6.07, 6.45) is 0.966. The molecule has 0 bridgehead atoms. The number of nitrogens with two attached hydrogens (primary N) is 1. The van der Waals surface area contributed by atoms with Gasteiger partial charge < -0.3 is 0 Å². The van der Waals surface area contributed by atoms with Gasteiger partial charge in [0.25, 0.3) is 0 Å². The number of thioether (sulfide) groups is 1. The van der Waals surface area contributed by atoms with Gasteiger partial charge in [-0.15, -0.1) is 0 Å². The molecule has 1 heterocycles. The SMILES string of the molecule is CC1(C)SCCC1CS(N)(=O)=O. The third-order valence-corrected chi connectivity index (χ3v) is 4.74. The molecule has 3 nitrogen and oxygen atoms in total. The van der Waals surface area contributed by atoms with Crippen molar-refractivity contribution in [1.29, 1.82) is 0 Å². The second-order valence-electron chi connectivity index (χ2n) is 3.77. The molecule has 1 atom stereocenters. The molecule has 1 rings (SSSR count). The Kier molecular flexibility index (Phi) is 2.75. The van der Waals surface area contributed by atoms with Gasteiger partial charge in [-0.05, 0) is 18.1 Å². The third kappa shape index (κ3) is 2.64. The molecule has 0 aromatic heterocycles. The topological polar surface area (TPSA) is 60.2 Å². The summed E-state index contributed by atoms with van der Waals surface area (Å²) in [5.41, 5.74) is 0. The van der Waals surface area contributed by atoms with Crippen LogP contribution in [0.5, 0.6) is 0 Å². The van der Waals surface area contributed by atoms with Crippen molar-refractivity contribution in [3.8, 4) is 0 Å². The van der Waals surface area contributed by atoms with E-state index in [1.54, 1.807) is 0 Å². The Balaban J connectivity index is 2.65. The standard InChI is InChI=1S/C7H15NO2S2/c1-7(2)6(3-4-11-7)5-12(8,9)10/h6H,3-5H2,1-2H3,(H2,8,9,10). The molecule has 0 saturated carbocycles. The van der Waals surface area contributed by atoms with E-state index in [1.165, 1.54) is 0 Å². The van der Waals surface area contributed by atoms with E-state index >= 15 is 0 Å². The number of hydrogen-bond donors (Lipinski definition) is 1. The van der Waals surface area contributed by atoms with Gasteiger partial charge in [0.1, 0.15) is 0 Å². The van der Waals surface area contributed by atoms with Gasteiger partial charge in [0, 0.05) is 4.75 Å². The quantitative estimate of drug-likeness (QED) is 0.732. The van der Waals surface area contributed by atoms with Crippen molar-refractivity contribution in [3.63, 3.8) is 0 Å². The number of primary sulfonamides is 1. The molecule has 0 aromatic rings. The van der Waals surface area contributed by atoms with Crippen LogP contribution in [0.15, 0.2) is 0 Å². The lowest BCUT2D eigenvalue weighted by molar-refractivity contribution is 0.470. The first-order valence-corrected chi connectivity index (χ1v) is 6.66. The first-order valence-electron chi connectivity index (χ1n) is 3.96. The lowest BCUT2D eigenvalue weighted by atomic mass is 9.95. The van der Waals surface area contributed by atoms with Crippen LogP contribution in [-0.2, 0) is 10.0 Å². The highest BCUT2D eigenvalue weighted by Crippen LogP contribution is 2.42. The number of sulfonamides is 1. The number of rotatable bonds is 2. The maximum atomic E-state index is 10.8. The van der Waals surface area contributed by atoms with E-state index in [0.717, 1.165) is 12.2 Å². The summed E-state index contributed by atoms with van der Waals surface area (Å²) >= 11 is 1.83. The molecule has 1 aliphatic rings. The van der Waals surface area contributed by atoms with Crippen molar-refractivity contribution in [2.45, 2.75) is 25.0 Å². The molecule has 12 heavy (non-hydrogen) atoms. The van der Waals surface area contributed by atoms with Crippen molar-refractivity contribution < 1.29 is 8.42 Å². The van der Waals surface area contributed by atoms with E-state index < -0.39 is 10.0 Å². The van der Waals surface area contributed by atoms with Gasteiger partial charge in [-0.2, -0.15) is 11.8 Å². The molecule has 0 aliphatic carbocycles. The van der Waals surface area contributed by atoms with Gasteiger partial charge in [0.05, 0.1) is 5.75 Å².